The first-order valence-corrected chi connectivity index (χ1v) is 10.6. The molecule has 1 fully saturated rings. The summed E-state index contributed by atoms with van der Waals surface area (Å²) in [7, 11) is 0. The van der Waals surface area contributed by atoms with Crippen LogP contribution in [0.25, 0.3) is 0 Å². The molecule has 0 spiro atoms. The van der Waals surface area contributed by atoms with Crippen molar-refractivity contribution < 1.29 is 18.7 Å². The first-order valence-electron chi connectivity index (χ1n) is 10.6. The molecule has 1 aromatic heterocycles. The van der Waals surface area contributed by atoms with Gasteiger partial charge in [0.05, 0.1) is 13.2 Å². The molecule has 3 aromatic rings. The minimum Gasteiger partial charge on any atom is -0.486 e. The van der Waals surface area contributed by atoms with Crippen molar-refractivity contribution in [3.8, 4) is 5.75 Å². The molecule has 1 saturated heterocycles. The zero-order valence-electron chi connectivity index (χ0n) is 18.0. The minimum absolute atomic E-state index is 0.261. The predicted molar refractivity (Wildman–Crippen MR) is 119 cm³/mol. The zero-order valence-corrected chi connectivity index (χ0v) is 18.0. The molecule has 1 aliphatic rings. The maximum Gasteiger partial charge on any atom is 0.291 e. The van der Waals surface area contributed by atoms with Gasteiger partial charge in [-0.15, -0.1) is 0 Å². The summed E-state index contributed by atoms with van der Waals surface area (Å²) >= 11 is 0. The molecule has 1 aliphatic heterocycles. The number of carbonyl (C=O) groups excluding carboxylic acids is 1. The molecule has 2 heterocycles. The van der Waals surface area contributed by atoms with Crippen LogP contribution in [0.1, 0.15) is 33.0 Å². The van der Waals surface area contributed by atoms with Crippen LogP contribution in [0.5, 0.6) is 5.75 Å². The van der Waals surface area contributed by atoms with Crippen molar-refractivity contribution in [2.45, 2.75) is 27.0 Å². The van der Waals surface area contributed by atoms with Gasteiger partial charge in [0, 0.05) is 25.3 Å². The van der Waals surface area contributed by atoms with Gasteiger partial charge < -0.3 is 19.2 Å². The Balaban J connectivity index is 1.33. The van der Waals surface area contributed by atoms with E-state index >= 15 is 0 Å². The highest BCUT2D eigenvalue weighted by atomic mass is 16.5. The number of carbonyl (C=O) groups is 1. The van der Waals surface area contributed by atoms with Gasteiger partial charge in [-0.25, -0.2) is 0 Å². The Hall–Kier alpha value is -3.09. The lowest BCUT2D eigenvalue weighted by atomic mass is 10.1. The van der Waals surface area contributed by atoms with Crippen molar-refractivity contribution in [3.63, 3.8) is 0 Å². The van der Waals surface area contributed by atoms with Crippen LogP contribution >= 0.6 is 0 Å². The van der Waals surface area contributed by atoms with E-state index in [2.05, 4.69) is 23.2 Å². The van der Waals surface area contributed by atoms with Crippen LogP contribution in [0.3, 0.4) is 0 Å². The number of morpholine rings is 1. The number of rotatable bonds is 7. The van der Waals surface area contributed by atoms with Crippen molar-refractivity contribution >= 4 is 11.6 Å². The van der Waals surface area contributed by atoms with Crippen LogP contribution in [0.2, 0.25) is 0 Å². The molecule has 2 aromatic carbocycles. The number of anilines is 1. The number of benzene rings is 2. The summed E-state index contributed by atoms with van der Waals surface area (Å²) < 4.78 is 16.9. The maximum atomic E-state index is 12.6. The molecule has 6 heteroatoms. The fourth-order valence-corrected chi connectivity index (χ4v) is 3.49. The van der Waals surface area contributed by atoms with E-state index in [0.29, 0.717) is 5.76 Å². The number of aryl methyl sites for hydroxylation is 2. The zero-order chi connectivity index (χ0) is 21.6. The van der Waals surface area contributed by atoms with E-state index < -0.39 is 0 Å². The largest absolute Gasteiger partial charge is 0.486 e. The van der Waals surface area contributed by atoms with E-state index in [1.54, 1.807) is 12.1 Å². The van der Waals surface area contributed by atoms with Crippen molar-refractivity contribution in [2.75, 3.05) is 31.6 Å². The normalized spacial score (nSPS) is 14.4. The Kier molecular flexibility index (Phi) is 6.70. The van der Waals surface area contributed by atoms with Gasteiger partial charge in [0.15, 0.2) is 5.76 Å². The van der Waals surface area contributed by atoms with Gasteiger partial charge in [-0.05, 0) is 66.9 Å². The Bertz CT molecular complexity index is 1040. The molecule has 0 radical (unpaired) electrons. The molecule has 31 heavy (non-hydrogen) atoms. The Morgan fingerprint density at radius 3 is 2.68 bits per heavy atom. The number of ether oxygens (including phenoxy) is 2. The van der Waals surface area contributed by atoms with Gasteiger partial charge >= 0.3 is 0 Å². The number of hydrogen-bond donors (Lipinski definition) is 1. The van der Waals surface area contributed by atoms with Gasteiger partial charge in [0.2, 0.25) is 0 Å². The molecule has 6 nitrogen and oxygen atoms in total. The molecule has 0 atom stereocenters. The molecule has 162 valence electrons. The van der Waals surface area contributed by atoms with Crippen LogP contribution in [-0.4, -0.2) is 37.1 Å². The summed E-state index contributed by atoms with van der Waals surface area (Å²) in [6.07, 6.45) is 0. The van der Waals surface area contributed by atoms with E-state index in [9.17, 15) is 4.79 Å². The summed E-state index contributed by atoms with van der Waals surface area (Å²) in [5, 5.41) is 2.92. The first-order chi connectivity index (χ1) is 15.1. The van der Waals surface area contributed by atoms with Gasteiger partial charge in [-0.3, -0.25) is 9.69 Å². The summed E-state index contributed by atoms with van der Waals surface area (Å²) in [6, 6.07) is 17.3. The number of nitrogens with one attached hydrogen (secondary N) is 1. The molecule has 0 bridgehead atoms. The highest BCUT2D eigenvalue weighted by Crippen LogP contribution is 2.19. The number of amides is 1. The average Bonchev–Trinajstić information content (AvgIpc) is 3.25. The van der Waals surface area contributed by atoms with Gasteiger partial charge in [-0.1, -0.05) is 18.2 Å². The summed E-state index contributed by atoms with van der Waals surface area (Å²) in [5.74, 6) is 1.37. The number of hydrogen-bond acceptors (Lipinski definition) is 5. The third-order valence-electron chi connectivity index (χ3n) is 5.44. The van der Waals surface area contributed by atoms with Crippen LogP contribution in [-0.2, 0) is 17.9 Å². The number of nitrogens with zero attached hydrogens (tertiary/aromatic N) is 1. The summed E-state index contributed by atoms with van der Waals surface area (Å²) in [4.78, 5) is 15.0. The van der Waals surface area contributed by atoms with E-state index in [1.165, 1.54) is 11.1 Å². The summed E-state index contributed by atoms with van der Waals surface area (Å²) in [6.45, 7) is 8.61. The van der Waals surface area contributed by atoms with E-state index in [1.807, 2.05) is 43.3 Å². The average molecular weight is 421 g/mol. The van der Waals surface area contributed by atoms with Gasteiger partial charge in [-0.2, -0.15) is 0 Å². The quantitative estimate of drug-likeness (QED) is 0.607. The van der Waals surface area contributed by atoms with Crippen LogP contribution < -0.4 is 10.1 Å². The first kappa shape index (κ1) is 21.2. The molecule has 1 N–H and O–H groups in total. The summed E-state index contributed by atoms with van der Waals surface area (Å²) in [5.41, 5.74) is 4.30. The lowest BCUT2D eigenvalue weighted by Crippen LogP contribution is -2.35. The lowest BCUT2D eigenvalue weighted by molar-refractivity contribution is 0.0342. The Morgan fingerprint density at radius 1 is 1.03 bits per heavy atom. The molecule has 0 saturated carbocycles. The predicted octanol–water partition coefficient (Wildman–Crippen LogP) is 4.56. The fraction of sp³-hybridized carbons (Fsp3) is 0.320. The molecule has 4 rings (SSSR count). The number of furan rings is 1. The van der Waals surface area contributed by atoms with Crippen LogP contribution in [0.15, 0.2) is 59.0 Å². The van der Waals surface area contributed by atoms with E-state index in [4.69, 9.17) is 13.9 Å². The standard InChI is InChI=1S/C25H28N2O4/c1-18-6-7-22(14-19(18)2)30-17-23-8-9-24(31-23)25(28)26-21-5-3-4-20(15-21)16-27-10-12-29-13-11-27/h3-9,14-15H,10-13,16-17H2,1-2H3,(H,26,28). The molecule has 0 unspecified atom stereocenters. The second kappa shape index (κ2) is 9.81. The second-order valence-electron chi connectivity index (χ2n) is 7.84. The van der Waals surface area contributed by atoms with E-state index in [-0.39, 0.29) is 18.3 Å². The Morgan fingerprint density at radius 2 is 1.87 bits per heavy atom. The SMILES string of the molecule is Cc1ccc(OCc2ccc(C(=O)Nc3cccc(CN4CCOCC4)c3)o2)cc1C. The fourth-order valence-electron chi connectivity index (χ4n) is 3.49. The van der Waals surface area contributed by atoms with Crippen molar-refractivity contribution in [1.29, 1.82) is 0 Å². The van der Waals surface area contributed by atoms with Gasteiger partial charge in [0.1, 0.15) is 18.1 Å². The smallest absolute Gasteiger partial charge is 0.291 e. The van der Waals surface area contributed by atoms with Crippen LogP contribution in [0, 0.1) is 13.8 Å². The maximum absolute atomic E-state index is 12.6. The molecule has 0 aliphatic carbocycles. The highest BCUT2D eigenvalue weighted by molar-refractivity contribution is 6.02. The lowest BCUT2D eigenvalue weighted by Gasteiger charge is -2.26. The monoisotopic (exact) mass is 420 g/mol. The van der Waals surface area contributed by atoms with Crippen molar-refractivity contribution in [2.24, 2.45) is 0 Å². The highest BCUT2D eigenvalue weighted by Gasteiger charge is 2.14. The van der Waals surface area contributed by atoms with Crippen LogP contribution in [0.4, 0.5) is 5.69 Å². The molecule has 1 amide bonds. The molecular formula is C25H28N2O4. The molecular weight excluding hydrogens is 392 g/mol. The third kappa shape index (κ3) is 5.75. The minimum atomic E-state index is -0.277. The van der Waals surface area contributed by atoms with Crippen molar-refractivity contribution in [1.82, 2.24) is 4.90 Å². The van der Waals surface area contributed by atoms with Gasteiger partial charge in [0.25, 0.3) is 5.91 Å². The topological polar surface area (TPSA) is 63.9 Å². The Labute approximate surface area is 182 Å². The third-order valence-corrected chi connectivity index (χ3v) is 5.44. The van der Waals surface area contributed by atoms with Crippen molar-refractivity contribution in [3.05, 3.63) is 82.8 Å². The second-order valence-corrected chi connectivity index (χ2v) is 7.84. The van der Waals surface area contributed by atoms with E-state index in [0.717, 1.165) is 49.8 Å².